The molecule has 0 N–H and O–H groups in total. The Hall–Kier alpha value is -7.79. The number of para-hydroxylation sites is 2. The van der Waals surface area contributed by atoms with Gasteiger partial charge in [-0.15, -0.1) is 11.3 Å². The molecule has 3 aromatic heterocycles. The lowest BCUT2D eigenvalue weighted by Gasteiger charge is -2.21. The van der Waals surface area contributed by atoms with Gasteiger partial charge in [0.25, 0.3) is 0 Å². The van der Waals surface area contributed by atoms with Crippen molar-refractivity contribution < 1.29 is 4.42 Å². The van der Waals surface area contributed by atoms with Crippen molar-refractivity contribution in [3.8, 4) is 5.69 Å². The van der Waals surface area contributed by atoms with Crippen molar-refractivity contribution >= 4 is 114 Å². The van der Waals surface area contributed by atoms with Crippen molar-refractivity contribution in [2.75, 3.05) is 0 Å². The summed E-state index contributed by atoms with van der Waals surface area (Å²) in [6.45, 7) is 4.83. The Kier molecular flexibility index (Phi) is 7.69. The van der Waals surface area contributed by atoms with E-state index in [4.69, 9.17) is 16.0 Å². The Balaban J connectivity index is 1.16. The predicted octanol–water partition coefficient (Wildman–Crippen LogP) is 16.2. The zero-order valence-corrected chi connectivity index (χ0v) is 34.4. The second-order valence-electron chi connectivity index (χ2n) is 16.3. The molecule has 290 valence electrons. The molecular formula is C58H36N2OS. The summed E-state index contributed by atoms with van der Waals surface area (Å²) in [6, 6.07) is 65.5. The molecule has 0 amide bonds. The van der Waals surface area contributed by atoms with E-state index in [1.807, 2.05) is 11.3 Å². The molecule has 12 aromatic rings. The number of thiophene rings is 1. The van der Waals surface area contributed by atoms with Crippen molar-refractivity contribution in [1.82, 2.24) is 4.57 Å². The average Bonchev–Trinajstić information content (AvgIpc) is 3.99. The van der Waals surface area contributed by atoms with Gasteiger partial charge in [0.1, 0.15) is 11.2 Å². The minimum Gasteiger partial charge on any atom is -0.455 e. The number of benzene rings is 9. The first-order valence-electron chi connectivity index (χ1n) is 21.1. The molecule has 4 heterocycles. The van der Waals surface area contributed by atoms with Crippen molar-refractivity contribution in [2.45, 2.75) is 6.42 Å². The van der Waals surface area contributed by atoms with Crippen LogP contribution in [0, 0.1) is 0 Å². The van der Waals surface area contributed by atoms with Crippen LogP contribution in [-0.4, -0.2) is 10.3 Å². The van der Waals surface area contributed by atoms with E-state index in [2.05, 4.69) is 199 Å². The monoisotopic (exact) mass is 808 g/mol. The van der Waals surface area contributed by atoms with Crippen LogP contribution < -0.4 is 0 Å². The van der Waals surface area contributed by atoms with E-state index in [9.17, 15) is 0 Å². The van der Waals surface area contributed by atoms with Crippen LogP contribution in [0.15, 0.2) is 216 Å². The smallest absolute Gasteiger partial charge is 0.147 e. The molecule has 13 rings (SSSR count). The van der Waals surface area contributed by atoms with Gasteiger partial charge in [-0.05, 0) is 80.9 Å². The Morgan fingerprint density at radius 2 is 1.21 bits per heavy atom. The quantitative estimate of drug-likeness (QED) is 0.174. The lowest BCUT2D eigenvalue weighted by molar-refractivity contribution is 0.667. The zero-order valence-electron chi connectivity index (χ0n) is 33.6. The second-order valence-corrected chi connectivity index (χ2v) is 17.3. The van der Waals surface area contributed by atoms with Crippen LogP contribution in [0.4, 0.5) is 0 Å². The number of nitrogens with zero attached hydrogens (tertiary/aromatic N) is 2. The fraction of sp³-hybridized carbons (Fsp3) is 0.0172. The number of hydrogen-bond acceptors (Lipinski definition) is 3. The maximum Gasteiger partial charge on any atom is 0.147 e. The molecule has 0 unspecified atom stereocenters. The molecule has 0 saturated heterocycles. The van der Waals surface area contributed by atoms with Gasteiger partial charge in [-0.1, -0.05) is 158 Å². The molecule has 0 atom stereocenters. The molecule has 0 radical (unpaired) electrons. The first-order valence-corrected chi connectivity index (χ1v) is 21.9. The van der Waals surface area contributed by atoms with E-state index in [-0.39, 0.29) is 0 Å². The number of aromatic nitrogens is 1. The van der Waals surface area contributed by atoms with Crippen LogP contribution in [0.1, 0.15) is 23.1 Å². The van der Waals surface area contributed by atoms with Gasteiger partial charge in [-0.2, -0.15) is 0 Å². The predicted molar refractivity (Wildman–Crippen MR) is 265 cm³/mol. The fourth-order valence-electron chi connectivity index (χ4n) is 9.94. The van der Waals surface area contributed by atoms with Gasteiger partial charge in [-0.25, -0.2) is 0 Å². The lowest BCUT2D eigenvalue weighted by Crippen LogP contribution is -2.06. The Morgan fingerprint density at radius 1 is 0.532 bits per heavy atom. The summed E-state index contributed by atoms with van der Waals surface area (Å²) < 4.78 is 12.2. The molecule has 0 spiro atoms. The number of furan rings is 1. The zero-order chi connectivity index (χ0) is 40.9. The van der Waals surface area contributed by atoms with Crippen LogP contribution in [-0.2, 0) is 0 Å². The number of allylic oxidation sites excluding steroid dienone is 4. The van der Waals surface area contributed by atoms with Crippen LogP contribution >= 0.6 is 11.3 Å². The van der Waals surface area contributed by atoms with E-state index in [0.717, 1.165) is 88.7 Å². The van der Waals surface area contributed by atoms with Crippen LogP contribution in [0.2, 0.25) is 0 Å². The summed E-state index contributed by atoms with van der Waals surface area (Å²) in [4.78, 5) is 5.74. The summed E-state index contributed by atoms with van der Waals surface area (Å²) in [5.74, 6) is 0. The molecule has 4 heteroatoms. The highest BCUT2D eigenvalue weighted by Crippen LogP contribution is 2.48. The minimum atomic E-state index is 0.619. The van der Waals surface area contributed by atoms with Crippen LogP contribution in [0.3, 0.4) is 0 Å². The van der Waals surface area contributed by atoms with Crippen LogP contribution in [0.25, 0.3) is 102 Å². The maximum absolute atomic E-state index is 7.15. The largest absolute Gasteiger partial charge is 0.455 e. The van der Waals surface area contributed by atoms with Gasteiger partial charge >= 0.3 is 0 Å². The third kappa shape index (κ3) is 5.27. The van der Waals surface area contributed by atoms with Crippen LogP contribution in [0.5, 0.6) is 0 Å². The molecule has 1 aliphatic heterocycles. The second kappa shape index (κ2) is 13.6. The van der Waals surface area contributed by atoms with Gasteiger partial charge in [0.15, 0.2) is 0 Å². The Labute approximate surface area is 361 Å². The molecule has 1 aliphatic rings. The fourth-order valence-corrected chi connectivity index (χ4v) is 11.1. The third-order valence-electron chi connectivity index (χ3n) is 12.7. The van der Waals surface area contributed by atoms with Gasteiger partial charge < -0.3 is 8.98 Å². The standard InChI is InChI=1S/C58H36N2OS/c1-35-31-49(59-48(36-15-3-2-4-16-36)30-29-40(35)39-27-28-43-42-20-11-14-26-53(42)62-54(43)34-39)56-57(45-22-8-7-21-44(45)55-46-23-10-13-25-52(46)61-58(55)56)60-50-24-12-9-19-41(50)47-32-37-17-5-6-18-38(37)33-51(47)60/h2-29,31-34H,1,30H2/b40-29+,49-31-,59-48+. The number of fused-ring (bicyclic) bond motifs is 12. The van der Waals surface area contributed by atoms with Gasteiger partial charge in [0.05, 0.1) is 33.7 Å². The molecule has 9 aromatic carbocycles. The van der Waals surface area contributed by atoms with E-state index >= 15 is 0 Å². The van der Waals surface area contributed by atoms with Gasteiger partial charge in [-0.3, -0.25) is 4.99 Å². The SMILES string of the molecule is C=C1/C=C(c2c(-n3c4ccccc4c4cc5ccccc5cc43)c3ccccc3c3c2oc2ccccc23)\N=C(\c2ccccc2)C/C=C\1c1ccc2c(c1)sc1ccccc12. The highest BCUT2D eigenvalue weighted by Gasteiger charge is 2.28. The summed E-state index contributed by atoms with van der Waals surface area (Å²) >= 11 is 1.84. The maximum atomic E-state index is 7.15. The summed E-state index contributed by atoms with van der Waals surface area (Å²) in [5.41, 5.74) is 11.8. The van der Waals surface area contributed by atoms with Crippen molar-refractivity contribution in [3.05, 3.63) is 223 Å². The molecule has 0 bridgehead atoms. The van der Waals surface area contributed by atoms with Gasteiger partial charge in [0.2, 0.25) is 0 Å². The number of hydrogen-bond donors (Lipinski definition) is 0. The van der Waals surface area contributed by atoms with E-state index in [1.54, 1.807) is 0 Å². The lowest BCUT2D eigenvalue weighted by atomic mass is 9.91. The highest BCUT2D eigenvalue weighted by molar-refractivity contribution is 7.25. The Morgan fingerprint density at radius 3 is 2.06 bits per heavy atom. The normalized spacial score (nSPS) is 16.3. The molecule has 0 saturated carbocycles. The number of rotatable bonds is 4. The molecular weight excluding hydrogens is 773 g/mol. The first kappa shape index (κ1) is 35.0. The topological polar surface area (TPSA) is 30.4 Å². The number of aliphatic imine (C=N–C) groups is 1. The highest BCUT2D eigenvalue weighted by atomic mass is 32.1. The summed E-state index contributed by atoms with van der Waals surface area (Å²) in [7, 11) is 0. The molecule has 0 fully saturated rings. The molecule has 62 heavy (non-hydrogen) atoms. The molecule has 3 nitrogen and oxygen atoms in total. The van der Waals surface area contributed by atoms with Crippen molar-refractivity contribution in [2.24, 2.45) is 4.99 Å². The molecule has 0 aliphatic carbocycles. The summed E-state index contributed by atoms with van der Waals surface area (Å²) in [6.07, 6.45) is 5.13. The first-order chi connectivity index (χ1) is 30.7. The van der Waals surface area contributed by atoms with Crippen molar-refractivity contribution in [1.29, 1.82) is 0 Å². The van der Waals surface area contributed by atoms with E-state index in [1.165, 1.54) is 41.7 Å². The third-order valence-corrected chi connectivity index (χ3v) is 13.9. The average molecular weight is 809 g/mol. The van der Waals surface area contributed by atoms with E-state index in [0.29, 0.717) is 6.42 Å². The minimum absolute atomic E-state index is 0.619. The Bertz CT molecular complexity index is 3960. The van der Waals surface area contributed by atoms with Crippen molar-refractivity contribution in [3.63, 3.8) is 0 Å². The van der Waals surface area contributed by atoms with Gasteiger partial charge in [0, 0.05) is 53.5 Å². The summed E-state index contributed by atoms with van der Waals surface area (Å²) in [5, 5.41) is 11.8. The van der Waals surface area contributed by atoms with E-state index < -0.39 is 0 Å².